The summed E-state index contributed by atoms with van der Waals surface area (Å²) in [6, 6.07) is 16.1. The van der Waals surface area contributed by atoms with Gasteiger partial charge in [0.05, 0.1) is 20.5 Å². The molecule has 2 aromatic heterocycles. The number of benzene rings is 2. The fourth-order valence-electron chi connectivity index (χ4n) is 2.59. The number of rotatable bonds is 6. The van der Waals surface area contributed by atoms with Crippen LogP contribution in [0.15, 0.2) is 60.0 Å². The van der Waals surface area contributed by atoms with Crippen molar-refractivity contribution in [2.45, 2.75) is 23.8 Å². The van der Waals surface area contributed by atoms with Gasteiger partial charge < -0.3 is 5.32 Å². The molecule has 8 heteroatoms. The van der Waals surface area contributed by atoms with Crippen LogP contribution < -0.4 is 5.32 Å². The summed E-state index contributed by atoms with van der Waals surface area (Å²) in [5, 5.41) is 10.9. The molecule has 2 aromatic carbocycles. The largest absolute Gasteiger partial charge is 0.325 e. The van der Waals surface area contributed by atoms with Crippen LogP contribution in [0.25, 0.3) is 10.2 Å². The first kappa shape index (κ1) is 17.7. The quantitative estimate of drug-likeness (QED) is 0.480. The van der Waals surface area contributed by atoms with Crippen molar-refractivity contribution < 1.29 is 4.79 Å². The highest BCUT2D eigenvalue weighted by molar-refractivity contribution is 8.00. The molecule has 0 saturated heterocycles. The van der Waals surface area contributed by atoms with E-state index >= 15 is 0 Å². The van der Waals surface area contributed by atoms with E-state index in [1.807, 2.05) is 49.4 Å². The monoisotopic (exact) mass is 395 g/mol. The van der Waals surface area contributed by atoms with E-state index < -0.39 is 0 Å². The molecule has 4 rings (SSSR count). The van der Waals surface area contributed by atoms with Crippen LogP contribution in [0.2, 0.25) is 0 Å². The number of carbonyl (C=O) groups excluding carboxylic acids is 1. The van der Waals surface area contributed by atoms with Gasteiger partial charge in [-0.3, -0.25) is 9.89 Å². The highest BCUT2D eigenvalue weighted by Gasteiger charge is 2.16. The molecule has 0 bridgehead atoms. The van der Waals surface area contributed by atoms with Crippen LogP contribution in [-0.4, -0.2) is 31.3 Å². The summed E-state index contributed by atoms with van der Waals surface area (Å²) >= 11 is 3.05. The second-order valence-corrected chi connectivity index (χ2v) is 8.43. The van der Waals surface area contributed by atoms with Crippen molar-refractivity contribution in [3.8, 4) is 0 Å². The zero-order chi connectivity index (χ0) is 18.6. The number of aromatic nitrogens is 4. The Bertz CT molecular complexity index is 1010. The third-order valence-corrected chi connectivity index (χ3v) is 5.99. The Morgan fingerprint density at radius 1 is 1.22 bits per heavy atom. The van der Waals surface area contributed by atoms with Crippen molar-refractivity contribution in [1.29, 1.82) is 0 Å². The van der Waals surface area contributed by atoms with Crippen molar-refractivity contribution in [1.82, 2.24) is 20.2 Å². The van der Waals surface area contributed by atoms with E-state index in [1.165, 1.54) is 22.8 Å². The zero-order valence-corrected chi connectivity index (χ0v) is 16.2. The number of anilines is 1. The molecule has 1 atom stereocenters. The molecule has 4 aromatic rings. The van der Waals surface area contributed by atoms with Gasteiger partial charge in [0.2, 0.25) is 5.91 Å². The van der Waals surface area contributed by atoms with E-state index in [2.05, 4.69) is 31.5 Å². The Kier molecular flexibility index (Phi) is 5.17. The molecule has 0 aliphatic rings. The summed E-state index contributed by atoms with van der Waals surface area (Å²) in [4.78, 5) is 21.0. The summed E-state index contributed by atoms with van der Waals surface area (Å²) in [6.07, 6.45) is 2.21. The fraction of sp³-hybridized carbons (Fsp3) is 0.158. The SMILES string of the molecule is C[C@@H](Sc1ncn[nH]1)C(=O)Nc1ccc(Cc2nc3ccccc3s2)cc1. The van der Waals surface area contributed by atoms with Gasteiger partial charge in [-0.05, 0) is 36.8 Å². The standard InChI is InChI=1S/C19H17N5OS2/c1-12(26-19-20-11-21-24-19)18(25)22-14-8-6-13(7-9-14)10-17-23-15-4-2-3-5-16(15)27-17/h2-9,11-12H,10H2,1H3,(H,22,25)(H,20,21,24)/t12-/m1/s1. The normalized spacial score (nSPS) is 12.2. The zero-order valence-electron chi connectivity index (χ0n) is 14.5. The number of amides is 1. The van der Waals surface area contributed by atoms with Crippen molar-refractivity contribution in [3.05, 3.63) is 65.4 Å². The number of para-hydroxylation sites is 1. The number of thioether (sulfide) groups is 1. The third-order valence-electron chi connectivity index (χ3n) is 3.97. The number of nitrogens with zero attached hydrogens (tertiary/aromatic N) is 3. The van der Waals surface area contributed by atoms with Gasteiger partial charge in [-0.15, -0.1) is 11.3 Å². The van der Waals surface area contributed by atoms with E-state index in [0.717, 1.165) is 28.2 Å². The van der Waals surface area contributed by atoms with Crippen LogP contribution in [0.1, 0.15) is 17.5 Å². The number of nitrogens with one attached hydrogen (secondary N) is 2. The van der Waals surface area contributed by atoms with Crippen LogP contribution in [0.3, 0.4) is 0 Å². The minimum Gasteiger partial charge on any atom is -0.325 e. The fourth-order valence-corrected chi connectivity index (χ4v) is 4.31. The smallest absolute Gasteiger partial charge is 0.237 e. The third kappa shape index (κ3) is 4.35. The number of hydrogen-bond donors (Lipinski definition) is 2. The van der Waals surface area contributed by atoms with Crippen LogP contribution >= 0.6 is 23.1 Å². The van der Waals surface area contributed by atoms with Gasteiger partial charge in [0, 0.05) is 12.1 Å². The van der Waals surface area contributed by atoms with Gasteiger partial charge >= 0.3 is 0 Å². The van der Waals surface area contributed by atoms with Crippen molar-refractivity contribution in [3.63, 3.8) is 0 Å². The van der Waals surface area contributed by atoms with Gasteiger partial charge in [-0.25, -0.2) is 9.97 Å². The molecule has 0 unspecified atom stereocenters. The summed E-state index contributed by atoms with van der Waals surface area (Å²) in [7, 11) is 0. The minimum absolute atomic E-state index is 0.0738. The first-order chi connectivity index (χ1) is 13.2. The molecule has 2 N–H and O–H groups in total. The molecular formula is C19H17N5OS2. The average molecular weight is 396 g/mol. The van der Waals surface area contributed by atoms with Crippen LogP contribution in [-0.2, 0) is 11.2 Å². The van der Waals surface area contributed by atoms with Gasteiger partial charge in [-0.2, -0.15) is 5.10 Å². The van der Waals surface area contributed by atoms with E-state index in [9.17, 15) is 4.79 Å². The van der Waals surface area contributed by atoms with Gasteiger partial charge in [-0.1, -0.05) is 36.0 Å². The summed E-state index contributed by atoms with van der Waals surface area (Å²) in [5.41, 5.74) is 2.98. The number of H-pyrrole nitrogens is 1. The number of thiazole rings is 1. The molecule has 0 radical (unpaired) electrons. The number of hydrogen-bond acceptors (Lipinski definition) is 6. The maximum atomic E-state index is 12.3. The van der Waals surface area contributed by atoms with Crippen molar-refractivity contribution >= 4 is 44.9 Å². The first-order valence-corrected chi connectivity index (χ1v) is 10.1. The van der Waals surface area contributed by atoms with Gasteiger partial charge in [0.15, 0.2) is 5.16 Å². The summed E-state index contributed by atoms with van der Waals surface area (Å²) < 4.78 is 1.20. The Balaban J connectivity index is 1.37. The van der Waals surface area contributed by atoms with E-state index in [4.69, 9.17) is 0 Å². The highest BCUT2D eigenvalue weighted by Crippen LogP contribution is 2.24. The molecule has 1 amide bonds. The molecule has 6 nitrogen and oxygen atoms in total. The predicted octanol–water partition coefficient (Wildman–Crippen LogP) is 4.12. The molecule has 2 heterocycles. The summed E-state index contributed by atoms with van der Waals surface area (Å²) in [5.74, 6) is -0.0738. The molecule has 0 fully saturated rings. The maximum absolute atomic E-state index is 12.3. The second-order valence-electron chi connectivity index (χ2n) is 5.99. The highest BCUT2D eigenvalue weighted by atomic mass is 32.2. The van der Waals surface area contributed by atoms with Crippen LogP contribution in [0.4, 0.5) is 5.69 Å². The molecule has 0 saturated carbocycles. The van der Waals surface area contributed by atoms with E-state index in [0.29, 0.717) is 5.16 Å². The minimum atomic E-state index is -0.277. The molecule has 0 aliphatic carbocycles. The van der Waals surface area contributed by atoms with Crippen molar-refractivity contribution in [2.24, 2.45) is 0 Å². The topological polar surface area (TPSA) is 83.6 Å². The van der Waals surface area contributed by atoms with Crippen molar-refractivity contribution in [2.75, 3.05) is 5.32 Å². The Labute approximate surface area is 164 Å². The molecular weight excluding hydrogens is 378 g/mol. The number of carbonyl (C=O) groups is 1. The lowest BCUT2D eigenvalue weighted by Gasteiger charge is -2.10. The predicted molar refractivity (Wildman–Crippen MR) is 109 cm³/mol. The van der Waals surface area contributed by atoms with Gasteiger partial charge in [0.25, 0.3) is 0 Å². The maximum Gasteiger partial charge on any atom is 0.237 e. The lowest BCUT2D eigenvalue weighted by Crippen LogP contribution is -2.22. The number of aromatic amines is 1. The van der Waals surface area contributed by atoms with Gasteiger partial charge in [0.1, 0.15) is 6.33 Å². The Morgan fingerprint density at radius 3 is 2.78 bits per heavy atom. The number of fused-ring (bicyclic) bond motifs is 1. The van der Waals surface area contributed by atoms with Crippen LogP contribution in [0.5, 0.6) is 0 Å². The molecule has 136 valence electrons. The van der Waals surface area contributed by atoms with E-state index in [-0.39, 0.29) is 11.2 Å². The second kappa shape index (κ2) is 7.89. The molecule has 27 heavy (non-hydrogen) atoms. The molecule has 0 spiro atoms. The lowest BCUT2D eigenvalue weighted by atomic mass is 10.1. The Hall–Kier alpha value is -2.71. The lowest BCUT2D eigenvalue weighted by molar-refractivity contribution is -0.115. The average Bonchev–Trinajstić information content (AvgIpc) is 3.32. The summed E-state index contributed by atoms with van der Waals surface area (Å²) in [6.45, 7) is 1.84. The molecule has 0 aliphatic heterocycles. The Morgan fingerprint density at radius 2 is 2.04 bits per heavy atom. The van der Waals surface area contributed by atoms with Crippen LogP contribution in [0, 0.1) is 0 Å². The first-order valence-electron chi connectivity index (χ1n) is 8.43. The van der Waals surface area contributed by atoms with E-state index in [1.54, 1.807) is 11.3 Å².